The summed E-state index contributed by atoms with van der Waals surface area (Å²) in [7, 11) is 0. The van der Waals surface area contributed by atoms with E-state index in [-0.39, 0.29) is 36.1 Å². The summed E-state index contributed by atoms with van der Waals surface area (Å²) in [5, 5.41) is 9.72. The zero-order chi connectivity index (χ0) is 22.5. The Morgan fingerprint density at radius 3 is 2.41 bits per heavy atom. The number of aliphatic hydroxyl groups excluding tert-OH is 1. The van der Waals surface area contributed by atoms with Crippen molar-refractivity contribution in [2.75, 3.05) is 12.3 Å². The third-order valence-electron chi connectivity index (χ3n) is 5.44. The molecule has 2 aromatic heterocycles. The molecule has 0 spiro atoms. The summed E-state index contributed by atoms with van der Waals surface area (Å²) < 4.78 is 14.9. The molecule has 5 nitrogen and oxygen atoms in total. The van der Waals surface area contributed by atoms with Crippen molar-refractivity contribution < 1.29 is 14.3 Å². The summed E-state index contributed by atoms with van der Waals surface area (Å²) in [6.45, 7) is -0.195. The highest BCUT2D eigenvalue weighted by atomic mass is 19.1. The summed E-state index contributed by atoms with van der Waals surface area (Å²) in [5.74, 6) is -1.12. The van der Waals surface area contributed by atoms with Gasteiger partial charge < -0.3 is 10.8 Å². The number of anilines is 1. The van der Waals surface area contributed by atoms with Gasteiger partial charge >= 0.3 is 0 Å². The molecule has 0 saturated carbocycles. The van der Waals surface area contributed by atoms with Gasteiger partial charge in [-0.25, -0.2) is 9.37 Å². The number of rotatable bonds is 7. The van der Waals surface area contributed by atoms with Crippen LogP contribution in [0.2, 0.25) is 0 Å². The Kier molecular flexibility index (Phi) is 6.33. The molecule has 0 saturated heterocycles. The van der Waals surface area contributed by atoms with Gasteiger partial charge in [0.1, 0.15) is 11.6 Å². The van der Waals surface area contributed by atoms with E-state index >= 15 is 0 Å². The van der Waals surface area contributed by atoms with Crippen LogP contribution in [0.4, 0.5) is 10.2 Å². The Bertz CT molecular complexity index is 1230. The van der Waals surface area contributed by atoms with Crippen LogP contribution in [0, 0.1) is 5.82 Å². The van der Waals surface area contributed by atoms with E-state index < -0.39 is 5.82 Å². The number of nitrogens with zero attached hydrogens (tertiary/aromatic N) is 2. The molecular weight excluding hydrogens is 405 g/mol. The van der Waals surface area contributed by atoms with Crippen molar-refractivity contribution in [2.45, 2.75) is 12.3 Å². The van der Waals surface area contributed by atoms with Crippen molar-refractivity contribution in [1.29, 1.82) is 0 Å². The van der Waals surface area contributed by atoms with Crippen molar-refractivity contribution in [1.82, 2.24) is 9.97 Å². The number of carbonyl (C=O) groups excluding carboxylic acids is 1. The van der Waals surface area contributed by atoms with E-state index in [0.29, 0.717) is 11.1 Å². The molecule has 3 N–H and O–H groups in total. The van der Waals surface area contributed by atoms with Crippen LogP contribution in [0.15, 0.2) is 85.3 Å². The first-order valence-corrected chi connectivity index (χ1v) is 10.2. The van der Waals surface area contributed by atoms with Crippen molar-refractivity contribution in [3.8, 4) is 22.3 Å². The third kappa shape index (κ3) is 4.55. The highest BCUT2D eigenvalue weighted by molar-refractivity contribution is 5.97. The molecule has 160 valence electrons. The molecule has 1 atom stereocenters. The normalized spacial score (nSPS) is 11.8. The quantitative estimate of drug-likeness (QED) is 0.410. The third-order valence-corrected chi connectivity index (χ3v) is 5.44. The highest BCUT2D eigenvalue weighted by Gasteiger charge is 2.20. The minimum atomic E-state index is -0.633. The lowest BCUT2D eigenvalue weighted by Gasteiger charge is -2.14. The predicted molar refractivity (Wildman–Crippen MR) is 122 cm³/mol. The second kappa shape index (κ2) is 9.49. The average Bonchev–Trinajstić information content (AvgIpc) is 2.83. The van der Waals surface area contributed by atoms with Crippen LogP contribution in [0.3, 0.4) is 0 Å². The lowest BCUT2D eigenvalue weighted by atomic mass is 9.91. The lowest BCUT2D eigenvalue weighted by Crippen LogP contribution is -2.12. The van der Waals surface area contributed by atoms with Crippen LogP contribution < -0.4 is 5.73 Å². The van der Waals surface area contributed by atoms with E-state index in [1.54, 1.807) is 24.7 Å². The number of pyridine rings is 2. The summed E-state index contributed by atoms with van der Waals surface area (Å²) in [6.07, 6.45) is 5.03. The van der Waals surface area contributed by atoms with Crippen LogP contribution >= 0.6 is 0 Å². The molecular formula is C26H22FN3O2. The smallest absolute Gasteiger partial charge is 0.166 e. The fourth-order valence-electron chi connectivity index (χ4n) is 3.66. The Morgan fingerprint density at radius 2 is 1.72 bits per heavy atom. The van der Waals surface area contributed by atoms with Crippen molar-refractivity contribution in [3.05, 3.63) is 102 Å². The fourth-order valence-corrected chi connectivity index (χ4v) is 3.66. The molecule has 2 heterocycles. The van der Waals surface area contributed by atoms with Gasteiger partial charge in [-0.15, -0.1) is 0 Å². The lowest BCUT2D eigenvalue weighted by molar-refractivity contribution is 0.0956. The number of Topliss-reactive ketones (excluding diaryl/α,β-unsaturated/α-hetero) is 1. The number of aliphatic hydroxyl groups is 1. The molecule has 0 aliphatic rings. The molecule has 0 fully saturated rings. The first-order chi connectivity index (χ1) is 15.6. The molecule has 32 heavy (non-hydrogen) atoms. The standard InChI is InChI=1S/C26H22FN3O2/c27-24-13-19(23-12-20(15-30-26(23)28)18-8-10-29-11-9-18)6-7-22(24)25(32)14-21(16-31)17-4-2-1-3-5-17/h1-13,15,21,31H,14,16H2,(H2,28,30)/t21-/m1/s1. The topological polar surface area (TPSA) is 89.1 Å². The minimum Gasteiger partial charge on any atom is -0.396 e. The SMILES string of the molecule is Nc1ncc(-c2ccncc2)cc1-c1ccc(C(=O)C[C@H](CO)c2ccccc2)c(F)c1. The zero-order valence-corrected chi connectivity index (χ0v) is 17.3. The number of benzene rings is 2. The Balaban J connectivity index is 1.60. The van der Waals surface area contributed by atoms with E-state index in [1.165, 1.54) is 12.1 Å². The number of aromatic nitrogens is 2. The molecule has 0 radical (unpaired) electrons. The van der Waals surface area contributed by atoms with Crippen LogP contribution in [-0.4, -0.2) is 27.5 Å². The van der Waals surface area contributed by atoms with Crippen LogP contribution in [0.1, 0.15) is 28.3 Å². The maximum atomic E-state index is 14.9. The fraction of sp³-hybridized carbons (Fsp3) is 0.115. The maximum Gasteiger partial charge on any atom is 0.166 e. The first kappa shape index (κ1) is 21.3. The monoisotopic (exact) mass is 427 g/mol. The molecule has 0 aliphatic carbocycles. The van der Waals surface area contributed by atoms with Gasteiger partial charge in [-0.3, -0.25) is 9.78 Å². The van der Waals surface area contributed by atoms with Gasteiger partial charge in [0.05, 0.1) is 12.2 Å². The van der Waals surface area contributed by atoms with Crippen molar-refractivity contribution in [2.24, 2.45) is 0 Å². The Morgan fingerprint density at radius 1 is 0.969 bits per heavy atom. The van der Waals surface area contributed by atoms with Crippen LogP contribution in [0.5, 0.6) is 0 Å². The number of nitrogens with two attached hydrogens (primary N) is 1. The molecule has 4 aromatic rings. The number of hydrogen-bond acceptors (Lipinski definition) is 5. The summed E-state index contributed by atoms with van der Waals surface area (Å²) in [6, 6.07) is 19.2. The maximum absolute atomic E-state index is 14.9. The van der Waals surface area contributed by atoms with Crippen LogP contribution in [-0.2, 0) is 0 Å². The Labute approximate surface area is 185 Å². The molecule has 2 aromatic carbocycles. The molecule has 4 rings (SSSR count). The number of halogens is 1. The number of ketones is 1. The van der Waals surface area contributed by atoms with Crippen LogP contribution in [0.25, 0.3) is 22.3 Å². The Hall–Kier alpha value is -3.90. The summed E-state index contributed by atoms with van der Waals surface area (Å²) in [4.78, 5) is 21.0. The number of carbonyl (C=O) groups is 1. The van der Waals surface area contributed by atoms with Gasteiger partial charge in [-0.1, -0.05) is 36.4 Å². The van der Waals surface area contributed by atoms with Gasteiger partial charge in [0.2, 0.25) is 0 Å². The summed E-state index contributed by atoms with van der Waals surface area (Å²) >= 11 is 0. The van der Waals surface area contributed by atoms with Gasteiger partial charge in [-0.05, 0) is 47.0 Å². The average molecular weight is 427 g/mol. The zero-order valence-electron chi connectivity index (χ0n) is 17.3. The van der Waals surface area contributed by atoms with E-state index in [0.717, 1.165) is 16.7 Å². The number of nitrogen functional groups attached to an aromatic ring is 1. The molecule has 0 aliphatic heterocycles. The van der Waals surface area contributed by atoms with E-state index in [9.17, 15) is 14.3 Å². The second-order valence-corrected chi connectivity index (χ2v) is 7.50. The molecule has 0 unspecified atom stereocenters. The van der Waals surface area contributed by atoms with E-state index in [1.807, 2.05) is 48.5 Å². The first-order valence-electron chi connectivity index (χ1n) is 10.2. The van der Waals surface area contributed by atoms with Crippen molar-refractivity contribution in [3.63, 3.8) is 0 Å². The largest absolute Gasteiger partial charge is 0.396 e. The molecule has 6 heteroatoms. The second-order valence-electron chi connectivity index (χ2n) is 7.50. The van der Waals surface area contributed by atoms with Gasteiger partial charge in [0.25, 0.3) is 0 Å². The predicted octanol–water partition coefficient (Wildman–Crippen LogP) is 4.88. The highest BCUT2D eigenvalue weighted by Crippen LogP contribution is 2.31. The van der Waals surface area contributed by atoms with Crippen molar-refractivity contribution >= 4 is 11.6 Å². The molecule has 0 bridgehead atoms. The number of hydrogen-bond donors (Lipinski definition) is 2. The minimum absolute atomic E-state index is 0.0119. The van der Waals surface area contributed by atoms with Gasteiger partial charge in [0, 0.05) is 42.1 Å². The van der Waals surface area contributed by atoms with E-state index in [2.05, 4.69) is 9.97 Å². The summed E-state index contributed by atoms with van der Waals surface area (Å²) in [5.41, 5.74) is 9.73. The van der Waals surface area contributed by atoms with Gasteiger partial charge in [0.15, 0.2) is 5.78 Å². The van der Waals surface area contributed by atoms with E-state index in [4.69, 9.17) is 5.73 Å². The van der Waals surface area contributed by atoms with Gasteiger partial charge in [-0.2, -0.15) is 0 Å². The molecule has 0 amide bonds.